The Hall–Kier alpha value is -1.86. The van der Waals surface area contributed by atoms with Gasteiger partial charge in [0.25, 0.3) is 0 Å². The first-order valence-corrected chi connectivity index (χ1v) is 9.28. The average molecular weight is 356 g/mol. The maximum Gasteiger partial charge on any atom is 0.416 e. The van der Waals surface area contributed by atoms with Gasteiger partial charge in [0, 0.05) is 16.3 Å². The van der Waals surface area contributed by atoms with E-state index in [1.807, 2.05) is 0 Å². The van der Waals surface area contributed by atoms with Crippen LogP contribution in [0.25, 0.3) is 20.5 Å². The third-order valence-corrected chi connectivity index (χ3v) is 5.91. The fourth-order valence-corrected chi connectivity index (χ4v) is 5.17. The number of fused-ring (bicyclic) bond motifs is 1. The molecule has 0 aliphatic heterocycles. The zero-order valence-corrected chi connectivity index (χ0v) is 13.5. The lowest BCUT2D eigenvalue weighted by molar-refractivity contribution is -0.137. The highest BCUT2D eigenvalue weighted by atomic mass is 32.2. The van der Waals surface area contributed by atoms with Crippen LogP contribution in [0.3, 0.4) is 0 Å². The summed E-state index contributed by atoms with van der Waals surface area (Å²) in [5.74, 6) is 0. The highest BCUT2D eigenvalue weighted by Crippen LogP contribution is 2.42. The lowest BCUT2D eigenvalue weighted by Crippen LogP contribution is -2.04. The number of sulfone groups is 1. The minimum atomic E-state index is -4.42. The number of alkyl halides is 3. The first-order valence-electron chi connectivity index (χ1n) is 6.57. The van der Waals surface area contributed by atoms with Gasteiger partial charge in [-0.25, -0.2) is 8.42 Å². The van der Waals surface area contributed by atoms with Gasteiger partial charge >= 0.3 is 6.18 Å². The van der Waals surface area contributed by atoms with Gasteiger partial charge in [-0.05, 0) is 23.8 Å². The van der Waals surface area contributed by atoms with Crippen LogP contribution >= 0.6 is 11.3 Å². The van der Waals surface area contributed by atoms with Crippen molar-refractivity contribution in [1.29, 1.82) is 0 Å². The Morgan fingerprint density at radius 3 is 2.13 bits per heavy atom. The van der Waals surface area contributed by atoms with E-state index in [-0.39, 0.29) is 4.90 Å². The predicted octanol–water partition coefficient (Wildman–Crippen LogP) is 4.99. The van der Waals surface area contributed by atoms with E-state index < -0.39 is 21.6 Å². The molecule has 0 unspecified atom stereocenters. The molecule has 3 rings (SSSR count). The van der Waals surface area contributed by atoms with Gasteiger partial charge in [0.15, 0.2) is 9.84 Å². The lowest BCUT2D eigenvalue weighted by Gasteiger charge is -2.08. The molecule has 2 aromatic carbocycles. The molecule has 0 radical (unpaired) electrons. The number of thiophene rings is 1. The molecule has 0 spiro atoms. The van der Waals surface area contributed by atoms with Crippen LogP contribution in [0.1, 0.15) is 5.56 Å². The number of rotatable bonds is 2. The van der Waals surface area contributed by atoms with Crippen molar-refractivity contribution in [3.63, 3.8) is 0 Å². The van der Waals surface area contributed by atoms with Crippen molar-refractivity contribution in [3.05, 3.63) is 54.1 Å². The minimum absolute atomic E-state index is 0.165. The topological polar surface area (TPSA) is 34.1 Å². The molecule has 0 atom stereocenters. The van der Waals surface area contributed by atoms with Crippen molar-refractivity contribution in [1.82, 2.24) is 0 Å². The number of hydrogen-bond acceptors (Lipinski definition) is 3. The normalized spacial score (nSPS) is 12.7. The van der Waals surface area contributed by atoms with Gasteiger partial charge in [-0.2, -0.15) is 13.2 Å². The van der Waals surface area contributed by atoms with Crippen molar-refractivity contribution < 1.29 is 21.6 Å². The zero-order valence-electron chi connectivity index (χ0n) is 11.9. The highest BCUT2D eigenvalue weighted by molar-refractivity contribution is 7.91. The van der Waals surface area contributed by atoms with Crippen molar-refractivity contribution in [2.75, 3.05) is 6.26 Å². The number of benzene rings is 2. The van der Waals surface area contributed by atoms with Gasteiger partial charge < -0.3 is 0 Å². The van der Waals surface area contributed by atoms with Crippen LogP contribution in [-0.2, 0) is 16.0 Å². The van der Waals surface area contributed by atoms with Gasteiger partial charge in [-0.15, -0.1) is 11.3 Å². The SMILES string of the molecule is CS(=O)(=O)c1c(-c2ccc(C(F)(F)F)cc2)sc2ccccc12. The summed E-state index contributed by atoms with van der Waals surface area (Å²) in [4.78, 5) is 0.625. The van der Waals surface area contributed by atoms with Gasteiger partial charge in [-0.1, -0.05) is 30.3 Å². The predicted molar refractivity (Wildman–Crippen MR) is 85.4 cm³/mol. The van der Waals surface area contributed by atoms with Gasteiger partial charge in [-0.3, -0.25) is 0 Å². The Balaban J connectivity index is 2.24. The second-order valence-electron chi connectivity index (χ2n) is 5.10. The van der Waals surface area contributed by atoms with E-state index in [0.29, 0.717) is 15.8 Å². The molecule has 0 aliphatic carbocycles. The fourth-order valence-electron chi connectivity index (χ4n) is 2.39. The Kier molecular flexibility index (Phi) is 3.72. The summed E-state index contributed by atoms with van der Waals surface area (Å²) in [5.41, 5.74) is -0.303. The van der Waals surface area contributed by atoms with Crippen LogP contribution in [0, 0.1) is 0 Å². The molecule has 0 saturated carbocycles. The lowest BCUT2D eigenvalue weighted by atomic mass is 10.1. The van der Waals surface area contributed by atoms with Crippen LogP contribution < -0.4 is 0 Å². The molecule has 23 heavy (non-hydrogen) atoms. The highest BCUT2D eigenvalue weighted by Gasteiger charge is 2.30. The van der Waals surface area contributed by atoms with Crippen molar-refractivity contribution in [3.8, 4) is 10.4 Å². The molecule has 1 heterocycles. The van der Waals surface area contributed by atoms with E-state index in [1.165, 1.54) is 23.5 Å². The summed E-state index contributed by atoms with van der Waals surface area (Å²) >= 11 is 1.26. The van der Waals surface area contributed by atoms with Crippen molar-refractivity contribution >= 4 is 31.3 Å². The first kappa shape index (κ1) is 16.0. The third-order valence-electron chi connectivity index (χ3n) is 3.40. The molecule has 0 amide bonds. The molecule has 3 aromatic rings. The summed E-state index contributed by atoms with van der Waals surface area (Å²) in [6.45, 7) is 0. The summed E-state index contributed by atoms with van der Waals surface area (Å²) in [6, 6.07) is 11.6. The van der Waals surface area contributed by atoms with Crippen LogP contribution in [0.15, 0.2) is 53.4 Å². The standard InChI is InChI=1S/C16H11F3O2S2/c1-23(20,21)15-12-4-2-3-5-13(12)22-14(15)10-6-8-11(9-7-10)16(17,18)19/h2-9H,1H3. The van der Waals surface area contributed by atoms with E-state index in [4.69, 9.17) is 0 Å². The maximum atomic E-state index is 12.7. The molecule has 7 heteroatoms. The molecule has 120 valence electrons. The molecule has 0 N–H and O–H groups in total. The minimum Gasteiger partial charge on any atom is -0.224 e. The second-order valence-corrected chi connectivity index (χ2v) is 8.11. The molecular formula is C16H11F3O2S2. The van der Waals surface area contributed by atoms with E-state index in [1.54, 1.807) is 24.3 Å². The molecule has 0 fully saturated rings. The number of hydrogen-bond donors (Lipinski definition) is 0. The monoisotopic (exact) mass is 356 g/mol. The summed E-state index contributed by atoms with van der Waals surface area (Å²) in [6.07, 6.45) is -3.31. The smallest absolute Gasteiger partial charge is 0.224 e. The second kappa shape index (κ2) is 5.35. The van der Waals surface area contributed by atoms with Gasteiger partial charge in [0.05, 0.1) is 15.3 Å². The summed E-state index contributed by atoms with van der Waals surface area (Å²) in [7, 11) is -3.52. The van der Waals surface area contributed by atoms with E-state index in [2.05, 4.69) is 0 Å². The first-order chi connectivity index (χ1) is 10.7. The Labute approximate surface area is 135 Å². The maximum absolute atomic E-state index is 12.7. The Morgan fingerprint density at radius 2 is 1.57 bits per heavy atom. The Bertz CT molecular complexity index is 969. The van der Waals surface area contributed by atoms with Crippen LogP contribution in [0.5, 0.6) is 0 Å². The van der Waals surface area contributed by atoms with E-state index >= 15 is 0 Å². The van der Waals surface area contributed by atoms with Gasteiger partial charge in [0.1, 0.15) is 0 Å². The summed E-state index contributed by atoms with van der Waals surface area (Å²) in [5, 5.41) is 0.592. The molecule has 0 aliphatic rings. The molecule has 2 nitrogen and oxygen atoms in total. The fraction of sp³-hybridized carbons (Fsp3) is 0.125. The molecule has 1 aromatic heterocycles. The number of halogens is 3. The quantitative estimate of drug-likeness (QED) is 0.648. The van der Waals surface area contributed by atoms with Crippen molar-refractivity contribution in [2.24, 2.45) is 0 Å². The van der Waals surface area contributed by atoms with Crippen LogP contribution in [0.2, 0.25) is 0 Å². The van der Waals surface area contributed by atoms with E-state index in [9.17, 15) is 21.6 Å². The molecular weight excluding hydrogens is 345 g/mol. The average Bonchev–Trinajstić information content (AvgIpc) is 2.86. The largest absolute Gasteiger partial charge is 0.416 e. The van der Waals surface area contributed by atoms with Gasteiger partial charge in [0.2, 0.25) is 0 Å². The zero-order chi connectivity index (χ0) is 16.8. The van der Waals surface area contributed by atoms with Crippen LogP contribution in [0.4, 0.5) is 13.2 Å². The Morgan fingerprint density at radius 1 is 0.957 bits per heavy atom. The summed E-state index contributed by atoms with van der Waals surface area (Å²) < 4.78 is 63.1. The van der Waals surface area contributed by atoms with Crippen LogP contribution in [-0.4, -0.2) is 14.7 Å². The van der Waals surface area contributed by atoms with Crippen molar-refractivity contribution in [2.45, 2.75) is 11.1 Å². The molecule has 0 bridgehead atoms. The molecule has 0 saturated heterocycles. The third kappa shape index (κ3) is 2.98. The van der Waals surface area contributed by atoms with E-state index in [0.717, 1.165) is 23.1 Å².